The number of carbonyl (C=O) groups is 5. The number of nitrogen functional groups attached to an aromatic ring is 1. The van der Waals surface area contributed by atoms with Crippen LogP contribution in [0.2, 0.25) is 0 Å². The van der Waals surface area contributed by atoms with Gasteiger partial charge in [-0.05, 0) is 55.6 Å². The lowest BCUT2D eigenvalue weighted by Gasteiger charge is -2.28. The number of ketones is 1. The van der Waals surface area contributed by atoms with E-state index in [1.807, 2.05) is 88.4 Å². The molecule has 1 fully saturated rings. The van der Waals surface area contributed by atoms with Crippen LogP contribution in [0.15, 0.2) is 66.0 Å². The third-order valence-corrected chi connectivity index (χ3v) is 9.54. The Balaban J connectivity index is 1.53. The Morgan fingerprint density at radius 1 is 0.769 bits per heavy atom. The quantitative estimate of drug-likeness (QED) is 0.109. The van der Waals surface area contributed by atoms with Gasteiger partial charge in [-0.1, -0.05) is 88.4 Å². The molecular weight excluding hydrogens is 681 g/mol. The number of amides is 4. The molecule has 2 aromatic carbocycles. The van der Waals surface area contributed by atoms with Crippen LogP contribution in [-0.2, 0) is 48.0 Å². The lowest BCUT2D eigenvalue weighted by Crippen LogP contribution is -2.59. The molecular formula is C39H52N6O6S. The summed E-state index contributed by atoms with van der Waals surface area (Å²) in [5.41, 5.74) is 7.10. The summed E-state index contributed by atoms with van der Waals surface area (Å²) in [6.07, 6.45) is 1.58. The summed E-state index contributed by atoms with van der Waals surface area (Å²) in [6, 6.07) is 15.1. The average Bonchev–Trinajstić information content (AvgIpc) is 3.73. The number of hydrogen-bond acceptors (Lipinski definition) is 9. The number of Topliss-reactive ketones (excluding diaryl/α,β-unsaturated/α-hetero) is 1. The number of nitrogens with two attached hydrogens (primary N) is 1. The minimum Gasteiger partial charge on any atom is -0.375 e. The predicted octanol–water partition coefficient (Wildman–Crippen LogP) is 3.53. The first-order valence-corrected chi connectivity index (χ1v) is 18.8. The number of rotatable bonds is 20. The largest absolute Gasteiger partial charge is 0.375 e. The van der Waals surface area contributed by atoms with Crippen molar-refractivity contribution in [1.82, 2.24) is 26.3 Å². The molecule has 0 saturated carbocycles. The highest BCUT2D eigenvalue weighted by atomic mass is 32.1. The molecule has 1 aromatic heterocycles. The number of carbonyl (C=O) groups excluding carboxylic acids is 5. The van der Waals surface area contributed by atoms with E-state index in [4.69, 9.17) is 10.5 Å². The first-order valence-electron chi connectivity index (χ1n) is 17.9. The van der Waals surface area contributed by atoms with Gasteiger partial charge in [0.15, 0.2) is 10.9 Å². The Hall–Kier alpha value is -4.62. The maximum Gasteiger partial charge on any atom is 0.243 e. The number of ether oxygens (including phenoxy) is 1. The molecule has 13 heteroatoms. The number of nitrogens with one attached hydrogen (secondary N) is 4. The second-order valence-electron chi connectivity index (χ2n) is 14.5. The molecule has 0 spiro atoms. The van der Waals surface area contributed by atoms with E-state index in [0.717, 1.165) is 11.1 Å². The van der Waals surface area contributed by atoms with E-state index in [1.165, 1.54) is 11.3 Å². The van der Waals surface area contributed by atoms with E-state index < -0.39 is 53.4 Å². The zero-order valence-electron chi connectivity index (χ0n) is 30.6. The van der Waals surface area contributed by atoms with Crippen LogP contribution < -0.4 is 27.0 Å². The third kappa shape index (κ3) is 12.6. The topological polar surface area (TPSA) is 185 Å². The molecule has 5 unspecified atom stereocenters. The molecule has 1 aliphatic rings. The Morgan fingerprint density at radius 3 is 1.85 bits per heavy atom. The first-order chi connectivity index (χ1) is 24.7. The smallest absolute Gasteiger partial charge is 0.243 e. The van der Waals surface area contributed by atoms with Crippen molar-refractivity contribution < 1.29 is 28.7 Å². The summed E-state index contributed by atoms with van der Waals surface area (Å²) < 4.78 is 5.40. The van der Waals surface area contributed by atoms with Gasteiger partial charge in [-0.2, -0.15) is 0 Å². The van der Waals surface area contributed by atoms with E-state index in [-0.39, 0.29) is 43.3 Å². The molecule has 4 rings (SSSR count). The summed E-state index contributed by atoms with van der Waals surface area (Å²) in [5.74, 6) is -2.08. The molecule has 3 aromatic rings. The summed E-state index contributed by atoms with van der Waals surface area (Å²) in [7, 11) is 0. The van der Waals surface area contributed by atoms with Crippen LogP contribution in [-0.4, -0.2) is 70.8 Å². The molecule has 1 saturated heterocycles. The van der Waals surface area contributed by atoms with Crippen molar-refractivity contribution in [3.63, 3.8) is 0 Å². The molecule has 0 bridgehead atoms. The predicted molar refractivity (Wildman–Crippen MR) is 201 cm³/mol. The fourth-order valence-corrected chi connectivity index (χ4v) is 6.50. The van der Waals surface area contributed by atoms with Crippen LogP contribution in [0.5, 0.6) is 0 Å². The molecule has 4 amide bonds. The molecule has 52 heavy (non-hydrogen) atoms. The highest BCUT2D eigenvalue weighted by Gasteiger charge is 2.50. The van der Waals surface area contributed by atoms with Crippen LogP contribution in [0.1, 0.15) is 70.7 Å². The lowest BCUT2D eigenvalue weighted by molar-refractivity contribution is -0.135. The van der Waals surface area contributed by atoms with Crippen molar-refractivity contribution in [2.24, 2.45) is 11.8 Å². The number of aromatic nitrogens is 1. The Morgan fingerprint density at radius 2 is 1.29 bits per heavy atom. The van der Waals surface area contributed by atoms with Gasteiger partial charge in [-0.15, -0.1) is 11.3 Å². The molecule has 280 valence electrons. The fourth-order valence-electron chi connectivity index (χ4n) is 5.94. The van der Waals surface area contributed by atoms with E-state index in [0.29, 0.717) is 30.3 Å². The standard InChI is InChI=1S/C39H52N6O6S/c1-24(2)18-30(34(47)39(5)23-51-39)43-37(50)32(20-27-14-10-7-11-15-27)45-36(49)31(19-25(3)4)44-35(48)29(17-16-26-12-8-6-9-13-26)42-33(46)21-28-22-52-38(40)41-28/h6-15,22,24-25,29-32H,16-21,23H2,1-5H3,(H2,40,41)(H,42,46)(H,43,50)(H,44,48)(H,45,49). The van der Waals surface area contributed by atoms with Gasteiger partial charge in [0.25, 0.3) is 0 Å². The van der Waals surface area contributed by atoms with Crippen molar-refractivity contribution in [3.8, 4) is 0 Å². The van der Waals surface area contributed by atoms with Gasteiger partial charge in [-0.25, -0.2) is 4.98 Å². The Bertz CT molecular complexity index is 1660. The number of thiazole rings is 1. The van der Waals surface area contributed by atoms with Gasteiger partial charge in [-0.3, -0.25) is 24.0 Å². The molecule has 1 aliphatic heterocycles. The minimum absolute atomic E-state index is 0.00253. The highest BCUT2D eigenvalue weighted by Crippen LogP contribution is 2.29. The normalized spacial score (nSPS) is 17.4. The molecule has 5 atom stereocenters. The van der Waals surface area contributed by atoms with Crippen molar-refractivity contribution in [2.75, 3.05) is 12.3 Å². The maximum atomic E-state index is 14.1. The Kier molecular flexibility index (Phi) is 14.5. The fraction of sp³-hybridized carbons (Fsp3) is 0.487. The molecule has 6 N–H and O–H groups in total. The number of anilines is 1. The summed E-state index contributed by atoms with van der Waals surface area (Å²) in [4.78, 5) is 72.5. The van der Waals surface area contributed by atoms with Crippen molar-refractivity contribution in [3.05, 3.63) is 82.9 Å². The SMILES string of the molecule is CC(C)CC(NC(=O)C(CCc1ccccc1)NC(=O)Cc1csc(N)n1)C(=O)NC(Cc1ccccc1)C(=O)NC(CC(C)C)C(=O)C1(C)CO1. The second kappa shape index (κ2) is 18.7. The number of aryl methyl sites for hydroxylation is 1. The highest BCUT2D eigenvalue weighted by molar-refractivity contribution is 7.13. The molecule has 0 aliphatic carbocycles. The average molecular weight is 733 g/mol. The molecule has 2 heterocycles. The van der Waals surface area contributed by atoms with Crippen molar-refractivity contribution in [2.45, 2.75) is 103 Å². The van der Waals surface area contributed by atoms with E-state index in [9.17, 15) is 24.0 Å². The monoisotopic (exact) mass is 732 g/mol. The number of benzene rings is 2. The minimum atomic E-state index is -1.05. The van der Waals surface area contributed by atoms with Crippen LogP contribution in [0.25, 0.3) is 0 Å². The second-order valence-corrected chi connectivity index (χ2v) is 15.4. The van der Waals surface area contributed by atoms with E-state index in [1.54, 1.807) is 12.3 Å². The Labute approximate surface area is 310 Å². The molecule has 0 radical (unpaired) electrons. The van der Waals surface area contributed by atoms with Gasteiger partial charge in [0, 0.05) is 11.8 Å². The number of nitrogens with zero attached hydrogens (tertiary/aromatic N) is 1. The third-order valence-electron chi connectivity index (χ3n) is 8.82. The number of epoxide rings is 1. The zero-order valence-corrected chi connectivity index (χ0v) is 31.5. The van der Waals surface area contributed by atoms with Crippen LogP contribution in [0.4, 0.5) is 5.13 Å². The number of hydrogen-bond donors (Lipinski definition) is 5. The van der Waals surface area contributed by atoms with Gasteiger partial charge in [0.05, 0.1) is 24.8 Å². The van der Waals surface area contributed by atoms with E-state index >= 15 is 0 Å². The van der Waals surface area contributed by atoms with Crippen molar-refractivity contribution >= 4 is 45.9 Å². The summed E-state index contributed by atoms with van der Waals surface area (Å²) >= 11 is 1.23. The summed E-state index contributed by atoms with van der Waals surface area (Å²) in [5, 5.41) is 13.5. The summed E-state index contributed by atoms with van der Waals surface area (Å²) in [6.45, 7) is 9.80. The lowest BCUT2D eigenvalue weighted by atomic mass is 9.93. The van der Waals surface area contributed by atoms with E-state index in [2.05, 4.69) is 26.3 Å². The van der Waals surface area contributed by atoms with Gasteiger partial charge in [0.2, 0.25) is 23.6 Å². The van der Waals surface area contributed by atoms with Crippen LogP contribution >= 0.6 is 11.3 Å². The zero-order chi connectivity index (χ0) is 37.8. The van der Waals surface area contributed by atoms with Gasteiger partial charge < -0.3 is 31.7 Å². The van der Waals surface area contributed by atoms with Crippen LogP contribution in [0, 0.1) is 11.8 Å². The van der Waals surface area contributed by atoms with Crippen LogP contribution in [0.3, 0.4) is 0 Å². The first kappa shape index (κ1) is 40.2. The van der Waals surface area contributed by atoms with Gasteiger partial charge >= 0.3 is 0 Å². The van der Waals surface area contributed by atoms with Crippen molar-refractivity contribution in [1.29, 1.82) is 0 Å². The maximum absolute atomic E-state index is 14.1. The van der Waals surface area contributed by atoms with Gasteiger partial charge in [0.1, 0.15) is 23.7 Å². The molecule has 12 nitrogen and oxygen atoms in total.